The highest BCUT2D eigenvalue weighted by molar-refractivity contribution is 5.73. The van der Waals surface area contributed by atoms with Gasteiger partial charge in [-0.05, 0) is 0 Å². The van der Waals surface area contributed by atoms with Crippen LogP contribution >= 0.6 is 0 Å². The molecule has 0 radical (unpaired) electrons. The lowest BCUT2D eigenvalue weighted by Crippen LogP contribution is -2.70. The van der Waals surface area contributed by atoms with Gasteiger partial charge in [-0.15, -0.1) is 0 Å². The molecule has 6 heterocycles. The molecule has 12 unspecified atom stereocenters. The first-order valence-electron chi connectivity index (χ1n) is 38.8. The smallest absolute Gasteiger partial charge is 0.305 e. The Labute approximate surface area is 722 Å². The van der Waals surface area contributed by atoms with Crippen LogP contribution < -0.4 is 0 Å². The summed E-state index contributed by atoms with van der Waals surface area (Å²) in [5.74, 6) is -22.9. The Bertz CT molecular complexity index is 3970. The fraction of sp³-hybridized carbons (Fsp3) is 0.737. The van der Waals surface area contributed by atoms with Crippen LogP contribution in [-0.2, 0) is 243 Å². The Morgan fingerprint density at radius 2 is 0.260 bits per heavy atom. The molecule has 0 saturated carbocycles. The summed E-state index contributed by atoms with van der Waals surface area (Å²) < 4.78 is 183. The Morgan fingerprint density at radius 3 is 0.409 bits per heavy atom. The molecule has 6 saturated heterocycles. The minimum atomic E-state index is -2.44. The van der Waals surface area contributed by atoms with Gasteiger partial charge in [-0.2, -0.15) is 0 Å². The zero-order valence-electron chi connectivity index (χ0n) is 72.4. The molecule has 0 aromatic heterocycles. The number of esters is 20. The lowest BCUT2D eigenvalue weighted by atomic mass is 9.94. The van der Waals surface area contributed by atoms with E-state index in [1.807, 2.05) is 0 Å². The van der Waals surface area contributed by atoms with Crippen molar-refractivity contribution in [2.24, 2.45) is 0 Å². The van der Waals surface area contributed by atoms with E-state index in [-0.39, 0.29) is 0 Å². The van der Waals surface area contributed by atoms with Crippen LogP contribution in [0.4, 0.5) is 0 Å². The molecule has 712 valence electrons. The third-order valence-corrected chi connectivity index (χ3v) is 17.9. The average molecular weight is 1830 g/mol. The standard InChI is InChI=1S/C76H102O51/c1-27(77)97-21-47-53(103-33(7)83)59(104-34(8)84)66(111-41(15)91)72(118-47)124-55-49(23-99-29(3)79)120-74(68(113-43(17)93)61(55)106-36(10)86)126-57-51(25-101-31(5)81)122-76(70(115-45(19)95)63(57)108-38(12)88)127-58-52(26-102-32(6)82)121-75(69(114-44(18)94)64(58)109-39(13)89)125-56-50(24-100-30(4)80)119-73(67(112-42(16)92)62(56)107-37(11)87)123-54-48(22-98-28(2)78)117-71(116-46(20)96)65(110-40(14)90)60(54)105-35(9)85/h47-76H,21-26H2,1-20H3/t47?,48?,49?,50?,51?,52?,53-,54-,55-,56-,57-,58-,59+,60+,61+,62+,63+,64+,65?,66?,67?,68?,69?,70?,71-,72+,73+,74+,75+,76+/m1/s1. The number of hydrogen-bond donors (Lipinski definition) is 0. The van der Waals surface area contributed by atoms with E-state index >= 15 is 0 Å². The molecule has 6 fully saturated rings. The van der Waals surface area contributed by atoms with Gasteiger partial charge in [0.25, 0.3) is 0 Å². The Morgan fingerprint density at radius 1 is 0.142 bits per heavy atom. The maximum Gasteiger partial charge on any atom is 0.305 e. The lowest BCUT2D eigenvalue weighted by molar-refractivity contribution is -0.396. The van der Waals surface area contributed by atoms with Crippen molar-refractivity contribution in [3.8, 4) is 0 Å². The molecular formula is C76H102O51. The van der Waals surface area contributed by atoms with Gasteiger partial charge < -0.3 is 147 Å². The molecule has 0 bridgehead atoms. The van der Waals surface area contributed by atoms with Gasteiger partial charge in [-0.3, -0.25) is 95.9 Å². The summed E-state index contributed by atoms with van der Waals surface area (Å²) in [4.78, 5) is 263. The number of rotatable bonds is 36. The first-order chi connectivity index (χ1) is 59.4. The number of ether oxygens (including phenoxy) is 31. The molecule has 6 aliphatic heterocycles. The molecular weight excluding hydrogens is 1730 g/mol. The second-order valence-electron chi connectivity index (χ2n) is 28.6. The summed E-state index contributed by atoms with van der Waals surface area (Å²) in [5.41, 5.74) is 0. The van der Waals surface area contributed by atoms with Gasteiger partial charge in [0.15, 0.2) is 105 Å². The Hall–Kier alpha value is -11.0. The number of hydrogen-bond acceptors (Lipinski definition) is 51. The van der Waals surface area contributed by atoms with E-state index in [2.05, 4.69) is 0 Å². The van der Waals surface area contributed by atoms with Gasteiger partial charge in [-0.1, -0.05) is 0 Å². The monoisotopic (exact) mass is 1830 g/mol. The van der Waals surface area contributed by atoms with E-state index in [0.717, 1.165) is 138 Å². The molecule has 0 aromatic carbocycles. The minimum Gasteiger partial charge on any atom is -0.463 e. The van der Waals surface area contributed by atoms with Crippen LogP contribution in [0.5, 0.6) is 0 Å². The highest BCUT2D eigenvalue weighted by atomic mass is 16.8. The molecule has 6 aliphatic rings. The maximum atomic E-state index is 13.8. The van der Waals surface area contributed by atoms with Crippen LogP contribution in [-0.4, -0.2) is 343 Å². The van der Waals surface area contributed by atoms with Crippen molar-refractivity contribution in [2.45, 2.75) is 323 Å². The third kappa shape index (κ3) is 31.7. The van der Waals surface area contributed by atoms with Crippen molar-refractivity contribution in [1.29, 1.82) is 0 Å². The number of carbonyl (C=O) groups excluding carboxylic acids is 20. The second-order valence-corrected chi connectivity index (χ2v) is 28.6. The summed E-state index contributed by atoms with van der Waals surface area (Å²) in [7, 11) is 0. The minimum absolute atomic E-state index is 0.801. The Kier molecular flexibility index (Phi) is 39.8. The molecule has 30 atom stereocenters. The van der Waals surface area contributed by atoms with Crippen LogP contribution in [0.15, 0.2) is 0 Å². The normalized spacial score (nSPS) is 32.6. The molecule has 6 rings (SSSR count). The van der Waals surface area contributed by atoms with Gasteiger partial charge >= 0.3 is 119 Å². The molecule has 0 aromatic rings. The predicted molar refractivity (Wildman–Crippen MR) is 390 cm³/mol. The van der Waals surface area contributed by atoms with E-state index in [4.69, 9.17) is 147 Å². The van der Waals surface area contributed by atoms with Gasteiger partial charge in [0, 0.05) is 138 Å². The molecule has 0 amide bonds. The first kappa shape index (κ1) is 105. The van der Waals surface area contributed by atoms with Crippen molar-refractivity contribution >= 4 is 119 Å². The molecule has 0 spiro atoms. The quantitative estimate of drug-likeness (QED) is 0.0455. The van der Waals surface area contributed by atoms with Crippen molar-refractivity contribution in [3.05, 3.63) is 0 Å². The van der Waals surface area contributed by atoms with Gasteiger partial charge in [0.05, 0.1) is 0 Å². The largest absolute Gasteiger partial charge is 0.463 e. The fourth-order valence-electron chi connectivity index (χ4n) is 13.9. The van der Waals surface area contributed by atoms with Crippen molar-refractivity contribution in [2.75, 3.05) is 39.6 Å². The summed E-state index contributed by atoms with van der Waals surface area (Å²) >= 11 is 0. The van der Waals surface area contributed by atoms with E-state index in [9.17, 15) is 95.9 Å². The van der Waals surface area contributed by atoms with Crippen LogP contribution in [0.3, 0.4) is 0 Å². The van der Waals surface area contributed by atoms with Gasteiger partial charge in [0.2, 0.25) is 12.4 Å². The van der Waals surface area contributed by atoms with E-state index in [1.165, 1.54) is 0 Å². The zero-order chi connectivity index (χ0) is 95.0. The summed E-state index contributed by atoms with van der Waals surface area (Å²) in [6.45, 7) is 11.6. The SMILES string of the molecule is CC(=O)OCC1O[C@@H](O[C@@H]2C(COC(C)=O)O[C@@H](O[C@@H]3C(COC(C)=O)O[C@@H](O[C@@H]4C(COC(C)=O)O[C@@H](O[C@@H]5C(COC(C)=O)O[C@@H](O[C@@H]6C(COC(C)=O)O[C@@H](OC(C)=O)C(OC(C)=O)[C@H]6OC(C)=O)C(OC(C)=O)[C@H]5OC(C)=O)C(OC(C)=O)[C@H]4OC(C)=O)C(OC(C)=O)[C@H]3OC(C)=O)C(OC(C)=O)[C@H]2OC(C)=O)C(OC(C)=O)[C@@H](OC(C)=O)[C@@H]1OC(C)=O. The third-order valence-electron chi connectivity index (χ3n) is 17.9. The van der Waals surface area contributed by atoms with Crippen molar-refractivity contribution in [3.63, 3.8) is 0 Å². The lowest BCUT2D eigenvalue weighted by Gasteiger charge is -2.52. The number of carbonyl (C=O) groups is 20. The van der Waals surface area contributed by atoms with E-state index in [0.29, 0.717) is 0 Å². The van der Waals surface area contributed by atoms with E-state index < -0.39 is 343 Å². The maximum absolute atomic E-state index is 13.8. The fourth-order valence-corrected chi connectivity index (χ4v) is 13.9. The van der Waals surface area contributed by atoms with Gasteiger partial charge in [-0.25, -0.2) is 0 Å². The van der Waals surface area contributed by atoms with Crippen LogP contribution in [0, 0.1) is 0 Å². The van der Waals surface area contributed by atoms with E-state index in [1.54, 1.807) is 0 Å². The molecule has 0 aliphatic carbocycles. The summed E-state index contributed by atoms with van der Waals surface area (Å²) in [6.07, 6.45) is -64.2. The summed E-state index contributed by atoms with van der Waals surface area (Å²) in [5, 5.41) is 0. The average Bonchev–Trinajstić information content (AvgIpc) is 0.755. The molecule has 51 nitrogen and oxygen atoms in total. The first-order valence-corrected chi connectivity index (χ1v) is 38.8. The van der Waals surface area contributed by atoms with Crippen LogP contribution in [0.2, 0.25) is 0 Å². The second kappa shape index (κ2) is 48.2. The van der Waals surface area contributed by atoms with Crippen molar-refractivity contribution in [1.82, 2.24) is 0 Å². The summed E-state index contributed by atoms with van der Waals surface area (Å²) in [6, 6.07) is 0. The highest BCUT2D eigenvalue weighted by Crippen LogP contribution is 2.43. The van der Waals surface area contributed by atoms with Crippen LogP contribution in [0.25, 0.3) is 0 Å². The van der Waals surface area contributed by atoms with Gasteiger partial charge in [0.1, 0.15) is 107 Å². The highest BCUT2D eigenvalue weighted by Gasteiger charge is 2.65. The predicted octanol–water partition coefficient (Wildman–Crippen LogP) is -2.68. The molecule has 51 heteroatoms. The Balaban J connectivity index is 1.55. The van der Waals surface area contributed by atoms with Crippen molar-refractivity contribution < 1.29 is 243 Å². The topological polar surface area (TPSA) is 628 Å². The zero-order valence-corrected chi connectivity index (χ0v) is 72.4. The molecule has 0 N–H and O–H groups in total. The molecule has 127 heavy (non-hydrogen) atoms. The van der Waals surface area contributed by atoms with Crippen LogP contribution in [0.1, 0.15) is 138 Å².